The summed E-state index contributed by atoms with van der Waals surface area (Å²) >= 11 is 0. The minimum atomic E-state index is 0.665. The van der Waals surface area contributed by atoms with Crippen molar-refractivity contribution in [3.05, 3.63) is 29.8 Å². The molecule has 1 heterocycles. The molecule has 1 saturated heterocycles. The van der Waals surface area contributed by atoms with Gasteiger partial charge in [-0.2, -0.15) is 0 Å². The molecule has 1 aromatic carbocycles. The molecule has 2 nitrogen and oxygen atoms in total. The topological polar surface area (TPSA) is 15.3 Å². The maximum Gasteiger partial charge on any atom is 0.0393 e. The van der Waals surface area contributed by atoms with E-state index in [4.69, 9.17) is 0 Å². The van der Waals surface area contributed by atoms with Crippen LogP contribution in [0.3, 0.4) is 0 Å². The number of benzene rings is 1. The van der Waals surface area contributed by atoms with Gasteiger partial charge in [0.2, 0.25) is 0 Å². The van der Waals surface area contributed by atoms with Crippen LogP contribution in [0.4, 0.5) is 5.69 Å². The second-order valence-electron chi connectivity index (χ2n) is 4.81. The Morgan fingerprint density at radius 1 is 1.31 bits per heavy atom. The van der Waals surface area contributed by atoms with Crippen LogP contribution in [-0.4, -0.2) is 26.2 Å². The Kier molecular flexibility index (Phi) is 3.83. The van der Waals surface area contributed by atoms with E-state index in [9.17, 15) is 0 Å². The predicted molar refractivity (Wildman–Crippen MR) is 70.1 cm³/mol. The van der Waals surface area contributed by atoms with Crippen molar-refractivity contribution in [2.45, 2.75) is 32.2 Å². The summed E-state index contributed by atoms with van der Waals surface area (Å²) in [6.07, 6.45) is 4.03. The molecule has 0 amide bonds. The second-order valence-corrected chi connectivity index (χ2v) is 4.81. The zero-order valence-electron chi connectivity index (χ0n) is 10.4. The van der Waals surface area contributed by atoms with Gasteiger partial charge in [0.15, 0.2) is 0 Å². The quantitative estimate of drug-likeness (QED) is 0.839. The van der Waals surface area contributed by atoms with Crippen LogP contribution in [0, 0.1) is 6.92 Å². The maximum absolute atomic E-state index is 3.60. The molecule has 2 rings (SSSR count). The summed E-state index contributed by atoms with van der Waals surface area (Å²) < 4.78 is 0. The third-order valence-corrected chi connectivity index (χ3v) is 3.43. The molecule has 1 aromatic rings. The van der Waals surface area contributed by atoms with Crippen LogP contribution < -0.4 is 10.2 Å². The van der Waals surface area contributed by atoms with Crippen molar-refractivity contribution >= 4 is 5.69 Å². The lowest BCUT2D eigenvalue weighted by molar-refractivity contribution is 0.403. The molecule has 1 aliphatic heterocycles. The van der Waals surface area contributed by atoms with E-state index < -0.39 is 0 Å². The van der Waals surface area contributed by atoms with Gasteiger partial charge < -0.3 is 10.2 Å². The van der Waals surface area contributed by atoms with Crippen molar-refractivity contribution < 1.29 is 0 Å². The lowest BCUT2D eigenvalue weighted by Crippen LogP contribution is -2.42. The highest BCUT2D eigenvalue weighted by atomic mass is 15.1. The van der Waals surface area contributed by atoms with Gasteiger partial charge >= 0.3 is 0 Å². The minimum absolute atomic E-state index is 0.665. The van der Waals surface area contributed by atoms with E-state index in [0.717, 1.165) is 6.54 Å². The molecule has 1 unspecified atom stereocenters. The molecule has 2 heteroatoms. The van der Waals surface area contributed by atoms with Crippen molar-refractivity contribution in [2.24, 2.45) is 0 Å². The predicted octanol–water partition coefficient (Wildman–Crippen LogP) is 2.57. The van der Waals surface area contributed by atoms with E-state index >= 15 is 0 Å². The summed E-state index contributed by atoms with van der Waals surface area (Å²) in [6.45, 7) is 4.48. The normalized spacial score (nSPS) is 20.8. The monoisotopic (exact) mass is 218 g/mol. The SMILES string of the molecule is Cc1ccccc1N(C)CC1CCCCN1. The van der Waals surface area contributed by atoms with E-state index in [1.807, 2.05) is 0 Å². The summed E-state index contributed by atoms with van der Waals surface area (Å²) in [5, 5.41) is 3.60. The Bertz CT molecular complexity index is 329. The summed E-state index contributed by atoms with van der Waals surface area (Å²) in [5.74, 6) is 0. The minimum Gasteiger partial charge on any atom is -0.373 e. The second kappa shape index (κ2) is 5.35. The molecule has 16 heavy (non-hydrogen) atoms. The van der Waals surface area contributed by atoms with E-state index in [1.54, 1.807) is 0 Å². The number of nitrogens with one attached hydrogen (secondary N) is 1. The highest BCUT2D eigenvalue weighted by molar-refractivity contribution is 5.52. The first-order valence-electron chi connectivity index (χ1n) is 6.27. The lowest BCUT2D eigenvalue weighted by Gasteiger charge is -2.30. The highest BCUT2D eigenvalue weighted by Gasteiger charge is 2.15. The van der Waals surface area contributed by atoms with E-state index in [-0.39, 0.29) is 0 Å². The van der Waals surface area contributed by atoms with Gasteiger partial charge in [-0.15, -0.1) is 0 Å². The Morgan fingerprint density at radius 3 is 2.81 bits per heavy atom. The van der Waals surface area contributed by atoms with Gasteiger partial charge in [0.25, 0.3) is 0 Å². The van der Waals surface area contributed by atoms with E-state index in [0.29, 0.717) is 6.04 Å². The number of aryl methyl sites for hydroxylation is 1. The molecule has 0 aromatic heterocycles. The summed E-state index contributed by atoms with van der Waals surface area (Å²) in [7, 11) is 2.19. The first-order chi connectivity index (χ1) is 7.77. The van der Waals surface area contributed by atoms with Gasteiger partial charge in [-0.05, 0) is 37.9 Å². The van der Waals surface area contributed by atoms with Gasteiger partial charge in [0.1, 0.15) is 0 Å². The van der Waals surface area contributed by atoms with Gasteiger partial charge in [0.05, 0.1) is 0 Å². The van der Waals surface area contributed by atoms with Crippen molar-refractivity contribution in [1.82, 2.24) is 5.32 Å². The molecule has 1 N–H and O–H groups in total. The number of nitrogens with zero attached hydrogens (tertiary/aromatic N) is 1. The number of likely N-dealkylation sites (N-methyl/N-ethyl adjacent to an activating group) is 1. The van der Waals surface area contributed by atoms with Crippen molar-refractivity contribution in [1.29, 1.82) is 0 Å². The fraction of sp³-hybridized carbons (Fsp3) is 0.571. The Hall–Kier alpha value is -1.02. The molecule has 0 spiro atoms. The van der Waals surface area contributed by atoms with Crippen LogP contribution in [-0.2, 0) is 0 Å². The number of piperidine rings is 1. The molecule has 1 aliphatic rings. The average Bonchev–Trinajstić information content (AvgIpc) is 2.31. The third-order valence-electron chi connectivity index (χ3n) is 3.43. The lowest BCUT2D eigenvalue weighted by atomic mass is 10.0. The van der Waals surface area contributed by atoms with Crippen LogP contribution in [0.1, 0.15) is 24.8 Å². The zero-order chi connectivity index (χ0) is 11.4. The Balaban J connectivity index is 1.96. The zero-order valence-corrected chi connectivity index (χ0v) is 10.4. The van der Waals surface area contributed by atoms with Gasteiger partial charge in [-0.1, -0.05) is 24.6 Å². The van der Waals surface area contributed by atoms with E-state index in [2.05, 4.69) is 48.5 Å². The number of hydrogen-bond donors (Lipinski definition) is 1. The third kappa shape index (κ3) is 2.76. The number of hydrogen-bond acceptors (Lipinski definition) is 2. The number of anilines is 1. The fourth-order valence-electron chi connectivity index (χ4n) is 2.50. The molecular formula is C14H22N2. The van der Waals surface area contributed by atoms with Gasteiger partial charge in [-0.3, -0.25) is 0 Å². The fourth-order valence-corrected chi connectivity index (χ4v) is 2.50. The Morgan fingerprint density at radius 2 is 2.12 bits per heavy atom. The first-order valence-corrected chi connectivity index (χ1v) is 6.27. The standard InChI is InChI=1S/C14H22N2/c1-12-7-3-4-9-14(12)16(2)11-13-8-5-6-10-15-13/h3-4,7,9,13,15H,5-6,8,10-11H2,1-2H3. The van der Waals surface area contributed by atoms with Gasteiger partial charge in [-0.25, -0.2) is 0 Å². The number of rotatable bonds is 3. The number of para-hydroxylation sites is 1. The average molecular weight is 218 g/mol. The summed E-state index contributed by atoms with van der Waals surface area (Å²) in [6, 6.07) is 9.27. The molecular weight excluding hydrogens is 196 g/mol. The first kappa shape index (κ1) is 11.5. The molecule has 0 saturated carbocycles. The summed E-state index contributed by atoms with van der Waals surface area (Å²) in [5.41, 5.74) is 2.72. The van der Waals surface area contributed by atoms with Crippen LogP contribution in [0.25, 0.3) is 0 Å². The smallest absolute Gasteiger partial charge is 0.0393 e. The molecule has 1 fully saturated rings. The van der Waals surface area contributed by atoms with Crippen LogP contribution >= 0.6 is 0 Å². The van der Waals surface area contributed by atoms with Crippen LogP contribution in [0.15, 0.2) is 24.3 Å². The Labute approximate surface area is 98.7 Å². The molecule has 0 radical (unpaired) electrons. The van der Waals surface area contributed by atoms with Crippen LogP contribution in [0.2, 0.25) is 0 Å². The highest BCUT2D eigenvalue weighted by Crippen LogP contribution is 2.19. The summed E-state index contributed by atoms with van der Waals surface area (Å²) in [4.78, 5) is 2.37. The van der Waals surface area contributed by atoms with Crippen molar-refractivity contribution in [2.75, 3.05) is 25.0 Å². The van der Waals surface area contributed by atoms with Crippen molar-refractivity contribution in [3.8, 4) is 0 Å². The van der Waals surface area contributed by atoms with Crippen LogP contribution in [0.5, 0.6) is 0 Å². The maximum atomic E-state index is 3.60. The molecule has 0 aliphatic carbocycles. The molecule has 1 atom stereocenters. The largest absolute Gasteiger partial charge is 0.373 e. The molecule has 0 bridgehead atoms. The molecule has 88 valence electrons. The van der Waals surface area contributed by atoms with Crippen molar-refractivity contribution in [3.63, 3.8) is 0 Å². The van der Waals surface area contributed by atoms with Gasteiger partial charge in [0, 0.05) is 25.3 Å². The van der Waals surface area contributed by atoms with E-state index in [1.165, 1.54) is 37.1 Å².